The van der Waals surface area contributed by atoms with Crippen LogP contribution in [0.4, 0.5) is 0 Å². The molecule has 0 aromatic carbocycles. The van der Waals surface area contributed by atoms with Crippen LogP contribution in [0.3, 0.4) is 0 Å². The maximum Gasteiger partial charge on any atom is 0.132 e. The minimum atomic E-state index is 0.715. The van der Waals surface area contributed by atoms with E-state index in [1.807, 2.05) is 30.1 Å². The fraction of sp³-hybridized carbons (Fsp3) is 0.667. The van der Waals surface area contributed by atoms with Gasteiger partial charge in [0.25, 0.3) is 0 Å². The van der Waals surface area contributed by atoms with E-state index < -0.39 is 0 Å². The molecule has 0 N–H and O–H groups in total. The van der Waals surface area contributed by atoms with Crippen LogP contribution in [0.25, 0.3) is 0 Å². The minimum Gasteiger partial charge on any atom is -0.381 e. The quantitative estimate of drug-likeness (QED) is 0.572. The summed E-state index contributed by atoms with van der Waals surface area (Å²) in [4.78, 5) is 3.93. The molecule has 0 aromatic rings. The summed E-state index contributed by atoms with van der Waals surface area (Å²) in [7, 11) is 3.83. The molecule has 0 aromatic heterocycles. The van der Waals surface area contributed by atoms with Crippen LogP contribution in [-0.4, -0.2) is 50.2 Å². The lowest BCUT2D eigenvalue weighted by atomic mass is 10.3. The molecule has 4 nitrogen and oxygen atoms in total. The summed E-state index contributed by atoms with van der Waals surface area (Å²) in [5.74, 6) is 0. The molecular weight excluding hydrogens is 166 g/mol. The molecule has 0 spiro atoms. The lowest BCUT2D eigenvalue weighted by Gasteiger charge is -2.28. The van der Waals surface area contributed by atoms with Crippen LogP contribution in [0.2, 0.25) is 0 Å². The summed E-state index contributed by atoms with van der Waals surface area (Å²) in [5, 5.41) is 8.90. The Morgan fingerprint density at radius 3 is 2.54 bits per heavy atom. The summed E-state index contributed by atoms with van der Waals surface area (Å²) >= 11 is 0. The highest BCUT2D eigenvalue weighted by molar-refractivity contribution is 5.18. The molecule has 13 heavy (non-hydrogen) atoms. The van der Waals surface area contributed by atoms with E-state index in [9.17, 15) is 0 Å². The van der Waals surface area contributed by atoms with E-state index in [4.69, 9.17) is 10.00 Å². The average Bonchev–Trinajstić information content (AvgIpc) is 2.15. The second kappa shape index (κ2) is 4.73. The molecule has 0 atom stereocenters. The van der Waals surface area contributed by atoms with Crippen molar-refractivity contribution in [3.63, 3.8) is 0 Å². The molecule has 0 amide bonds. The molecule has 0 aliphatic carbocycles. The number of hydrogen-bond donors (Lipinski definition) is 0. The number of morpholine rings is 1. The van der Waals surface area contributed by atoms with Crippen LogP contribution in [0, 0.1) is 11.3 Å². The lowest BCUT2D eigenvalue weighted by Crippen LogP contribution is -2.35. The van der Waals surface area contributed by atoms with Gasteiger partial charge < -0.3 is 14.5 Å². The third-order valence-electron chi connectivity index (χ3n) is 1.85. The maximum absolute atomic E-state index is 8.90. The summed E-state index contributed by atoms with van der Waals surface area (Å²) in [6.45, 7) is 3.05. The highest BCUT2D eigenvalue weighted by atomic mass is 16.5. The van der Waals surface area contributed by atoms with Crippen molar-refractivity contribution in [1.82, 2.24) is 9.80 Å². The van der Waals surface area contributed by atoms with Crippen molar-refractivity contribution in [2.24, 2.45) is 0 Å². The van der Waals surface area contributed by atoms with Crippen molar-refractivity contribution < 1.29 is 4.74 Å². The summed E-state index contributed by atoms with van der Waals surface area (Å²) in [6.07, 6.45) is 1.84. The molecule has 1 rings (SSSR count). The van der Waals surface area contributed by atoms with Crippen molar-refractivity contribution in [2.75, 3.05) is 40.4 Å². The molecule has 0 saturated carbocycles. The van der Waals surface area contributed by atoms with Crippen molar-refractivity contribution >= 4 is 0 Å². The van der Waals surface area contributed by atoms with E-state index in [0.29, 0.717) is 18.9 Å². The molecule has 0 unspecified atom stereocenters. The number of rotatable bonds is 2. The van der Waals surface area contributed by atoms with Crippen molar-refractivity contribution in [1.29, 1.82) is 5.26 Å². The Morgan fingerprint density at radius 2 is 2.08 bits per heavy atom. The first-order valence-corrected chi connectivity index (χ1v) is 4.35. The van der Waals surface area contributed by atoms with Gasteiger partial charge in [-0.05, 0) is 0 Å². The van der Waals surface area contributed by atoms with E-state index >= 15 is 0 Å². The Kier molecular flexibility index (Phi) is 3.59. The van der Waals surface area contributed by atoms with Gasteiger partial charge in [-0.25, -0.2) is 0 Å². The Hall–Kier alpha value is -1.21. The van der Waals surface area contributed by atoms with Gasteiger partial charge in [0, 0.05) is 33.4 Å². The lowest BCUT2D eigenvalue weighted by molar-refractivity contribution is 0.0552. The SMILES string of the molecule is CN(C)C=C(C#N)N1CCOCC1. The first-order chi connectivity index (χ1) is 6.24. The van der Waals surface area contributed by atoms with Gasteiger partial charge in [0.15, 0.2) is 0 Å². The van der Waals surface area contributed by atoms with Gasteiger partial charge in [0.05, 0.1) is 13.2 Å². The van der Waals surface area contributed by atoms with Crippen LogP contribution < -0.4 is 0 Å². The van der Waals surface area contributed by atoms with Crippen LogP contribution in [0.5, 0.6) is 0 Å². The predicted octanol–water partition coefficient (Wildman–Crippen LogP) is 0.245. The third-order valence-corrected chi connectivity index (χ3v) is 1.85. The number of hydrogen-bond acceptors (Lipinski definition) is 4. The highest BCUT2D eigenvalue weighted by Gasteiger charge is 2.12. The van der Waals surface area contributed by atoms with E-state index in [2.05, 4.69) is 6.07 Å². The molecule has 4 heteroatoms. The van der Waals surface area contributed by atoms with E-state index in [1.54, 1.807) is 0 Å². The highest BCUT2D eigenvalue weighted by Crippen LogP contribution is 2.06. The molecule has 1 aliphatic rings. The molecule has 0 radical (unpaired) electrons. The minimum absolute atomic E-state index is 0.715. The summed E-state index contributed by atoms with van der Waals surface area (Å²) in [6, 6.07) is 2.19. The first-order valence-electron chi connectivity index (χ1n) is 4.35. The zero-order valence-corrected chi connectivity index (χ0v) is 8.16. The Bertz CT molecular complexity index is 224. The zero-order valence-electron chi connectivity index (χ0n) is 8.16. The van der Waals surface area contributed by atoms with E-state index in [1.165, 1.54) is 0 Å². The second-order valence-corrected chi connectivity index (χ2v) is 3.19. The fourth-order valence-corrected chi connectivity index (χ4v) is 1.23. The largest absolute Gasteiger partial charge is 0.381 e. The van der Waals surface area contributed by atoms with Crippen LogP contribution in [0.1, 0.15) is 0 Å². The number of nitrogens with zero attached hydrogens (tertiary/aromatic N) is 3. The van der Waals surface area contributed by atoms with Crippen molar-refractivity contribution in [2.45, 2.75) is 0 Å². The molecule has 1 fully saturated rings. The van der Waals surface area contributed by atoms with Gasteiger partial charge in [0.2, 0.25) is 0 Å². The molecular formula is C9H15N3O. The summed E-state index contributed by atoms with van der Waals surface area (Å²) < 4.78 is 5.21. The third kappa shape index (κ3) is 2.96. The first kappa shape index (κ1) is 9.87. The van der Waals surface area contributed by atoms with Gasteiger partial charge in [0.1, 0.15) is 11.8 Å². The Balaban J connectivity index is 2.60. The normalized spacial score (nSPS) is 18.2. The summed E-state index contributed by atoms with van der Waals surface area (Å²) in [5.41, 5.74) is 0.716. The molecule has 0 bridgehead atoms. The molecule has 1 heterocycles. The second-order valence-electron chi connectivity index (χ2n) is 3.19. The predicted molar refractivity (Wildman–Crippen MR) is 49.8 cm³/mol. The maximum atomic E-state index is 8.90. The number of allylic oxidation sites excluding steroid dienone is 1. The average molecular weight is 181 g/mol. The topological polar surface area (TPSA) is 39.5 Å². The Labute approximate surface area is 79.0 Å². The fourth-order valence-electron chi connectivity index (χ4n) is 1.23. The van der Waals surface area contributed by atoms with Gasteiger partial charge in [-0.3, -0.25) is 0 Å². The van der Waals surface area contributed by atoms with Crippen molar-refractivity contribution in [3.8, 4) is 6.07 Å². The van der Waals surface area contributed by atoms with Crippen molar-refractivity contribution in [3.05, 3.63) is 11.9 Å². The van der Waals surface area contributed by atoms with Gasteiger partial charge in [-0.1, -0.05) is 0 Å². The van der Waals surface area contributed by atoms with Crippen LogP contribution in [0.15, 0.2) is 11.9 Å². The molecule has 72 valence electrons. The monoisotopic (exact) mass is 181 g/mol. The zero-order chi connectivity index (χ0) is 9.68. The number of nitriles is 1. The number of ether oxygens (including phenoxy) is 1. The van der Waals surface area contributed by atoms with Crippen LogP contribution in [-0.2, 0) is 4.74 Å². The van der Waals surface area contributed by atoms with Crippen LogP contribution >= 0.6 is 0 Å². The Morgan fingerprint density at radius 1 is 1.46 bits per heavy atom. The van der Waals surface area contributed by atoms with Gasteiger partial charge >= 0.3 is 0 Å². The smallest absolute Gasteiger partial charge is 0.132 e. The van der Waals surface area contributed by atoms with E-state index in [0.717, 1.165) is 13.1 Å². The molecule has 1 aliphatic heterocycles. The van der Waals surface area contributed by atoms with Gasteiger partial charge in [-0.2, -0.15) is 5.26 Å². The standard InChI is InChI=1S/C9H15N3O/c1-11(2)8-9(7-10)12-3-5-13-6-4-12/h8H,3-6H2,1-2H3. The molecule has 1 saturated heterocycles. The van der Waals surface area contributed by atoms with Gasteiger partial charge in [-0.15, -0.1) is 0 Å². The van der Waals surface area contributed by atoms with E-state index in [-0.39, 0.29) is 0 Å².